The lowest BCUT2D eigenvalue weighted by molar-refractivity contribution is -0.137. The van der Waals surface area contributed by atoms with Crippen LogP contribution in [-0.2, 0) is 4.79 Å². The second kappa shape index (κ2) is 16.6. The van der Waals surface area contributed by atoms with Crippen LogP contribution in [0.5, 0.6) is 0 Å². The van der Waals surface area contributed by atoms with E-state index < -0.39 is 12.1 Å². The molecule has 29 heavy (non-hydrogen) atoms. The van der Waals surface area contributed by atoms with Crippen LogP contribution in [0.1, 0.15) is 103 Å². The topological polar surface area (TPSA) is 77.8 Å². The zero-order chi connectivity index (χ0) is 21.3. The number of carbonyl (C=O) groups is 1. The normalized spacial score (nSPS) is 22.7. The molecule has 168 valence electrons. The van der Waals surface area contributed by atoms with Crippen molar-refractivity contribution in [2.45, 2.75) is 115 Å². The van der Waals surface area contributed by atoms with Crippen molar-refractivity contribution in [3.05, 3.63) is 24.3 Å². The maximum atomic E-state index is 10.7. The Hall–Kier alpha value is -1.13. The van der Waals surface area contributed by atoms with Gasteiger partial charge < -0.3 is 15.3 Å². The van der Waals surface area contributed by atoms with E-state index in [1.807, 2.05) is 18.2 Å². The van der Waals surface area contributed by atoms with E-state index in [0.717, 1.165) is 32.1 Å². The lowest BCUT2D eigenvalue weighted by Crippen LogP contribution is -2.26. The molecule has 4 nitrogen and oxygen atoms in total. The largest absolute Gasteiger partial charge is 0.481 e. The van der Waals surface area contributed by atoms with Gasteiger partial charge in [-0.05, 0) is 43.9 Å². The van der Waals surface area contributed by atoms with E-state index in [2.05, 4.69) is 13.0 Å². The van der Waals surface area contributed by atoms with Crippen LogP contribution in [0.3, 0.4) is 0 Å². The van der Waals surface area contributed by atoms with Gasteiger partial charge in [0.05, 0.1) is 12.2 Å². The number of allylic oxidation sites excluding steroid dienone is 3. The van der Waals surface area contributed by atoms with Crippen LogP contribution in [0.25, 0.3) is 0 Å². The van der Waals surface area contributed by atoms with E-state index in [-0.39, 0.29) is 18.4 Å². The average Bonchev–Trinajstić information content (AvgIpc) is 2.93. The summed E-state index contributed by atoms with van der Waals surface area (Å²) in [6.45, 7) is 2.22. The predicted octanol–water partition coefficient (Wildman–Crippen LogP) is 6.02. The van der Waals surface area contributed by atoms with Crippen molar-refractivity contribution in [2.24, 2.45) is 11.8 Å². The number of hydrogen-bond donors (Lipinski definition) is 3. The first-order valence-electron chi connectivity index (χ1n) is 12.0. The van der Waals surface area contributed by atoms with Crippen LogP contribution >= 0.6 is 0 Å². The zero-order valence-corrected chi connectivity index (χ0v) is 18.5. The molecule has 4 heteroatoms. The molecule has 0 saturated heterocycles. The second-order valence-electron chi connectivity index (χ2n) is 8.71. The van der Waals surface area contributed by atoms with E-state index >= 15 is 0 Å². The fraction of sp³-hybridized carbons (Fsp3) is 0.800. The highest BCUT2D eigenvalue weighted by Gasteiger charge is 2.27. The summed E-state index contributed by atoms with van der Waals surface area (Å²) >= 11 is 0. The van der Waals surface area contributed by atoms with Gasteiger partial charge in [0.1, 0.15) is 0 Å². The SMILES string of the molecule is CCCCCCCCC(O)C=CC=CC1CCCCCC1C(O)CCCC(=O)O. The maximum absolute atomic E-state index is 10.7. The summed E-state index contributed by atoms with van der Waals surface area (Å²) in [7, 11) is 0. The molecule has 1 aliphatic rings. The van der Waals surface area contributed by atoms with Gasteiger partial charge in [-0.15, -0.1) is 0 Å². The zero-order valence-electron chi connectivity index (χ0n) is 18.5. The van der Waals surface area contributed by atoms with Crippen molar-refractivity contribution < 1.29 is 20.1 Å². The Labute approximate surface area is 178 Å². The second-order valence-corrected chi connectivity index (χ2v) is 8.71. The number of rotatable bonds is 15. The van der Waals surface area contributed by atoms with Crippen molar-refractivity contribution >= 4 is 5.97 Å². The summed E-state index contributed by atoms with van der Waals surface area (Å²) in [5.41, 5.74) is 0. The lowest BCUT2D eigenvalue weighted by atomic mass is 9.81. The fourth-order valence-corrected chi connectivity index (χ4v) is 4.39. The van der Waals surface area contributed by atoms with Crippen LogP contribution in [0.4, 0.5) is 0 Å². The van der Waals surface area contributed by atoms with Crippen LogP contribution in [0.15, 0.2) is 24.3 Å². The lowest BCUT2D eigenvalue weighted by Gasteiger charge is -2.27. The van der Waals surface area contributed by atoms with Crippen LogP contribution in [-0.4, -0.2) is 33.5 Å². The molecule has 4 unspecified atom stereocenters. The first-order chi connectivity index (χ1) is 14.0. The molecule has 4 atom stereocenters. The molecule has 1 aliphatic carbocycles. The molecular formula is C25H44O4. The monoisotopic (exact) mass is 408 g/mol. The van der Waals surface area contributed by atoms with Crippen molar-refractivity contribution in [2.75, 3.05) is 0 Å². The summed E-state index contributed by atoms with van der Waals surface area (Å²) < 4.78 is 0. The average molecular weight is 409 g/mol. The van der Waals surface area contributed by atoms with Gasteiger partial charge in [-0.3, -0.25) is 4.79 Å². The van der Waals surface area contributed by atoms with Gasteiger partial charge in [0.15, 0.2) is 0 Å². The highest BCUT2D eigenvalue weighted by molar-refractivity contribution is 5.66. The third-order valence-corrected chi connectivity index (χ3v) is 6.17. The third kappa shape index (κ3) is 12.9. The minimum atomic E-state index is -0.792. The Balaban J connectivity index is 2.40. The number of aliphatic hydroxyl groups excluding tert-OH is 2. The highest BCUT2D eigenvalue weighted by atomic mass is 16.4. The molecular weight excluding hydrogens is 364 g/mol. The number of carboxylic acids is 1. The number of hydrogen-bond acceptors (Lipinski definition) is 3. The Kier molecular flexibility index (Phi) is 14.9. The van der Waals surface area contributed by atoms with Crippen molar-refractivity contribution in [3.8, 4) is 0 Å². The van der Waals surface area contributed by atoms with Gasteiger partial charge in [-0.2, -0.15) is 0 Å². The molecule has 0 amide bonds. The minimum absolute atomic E-state index is 0.128. The number of aliphatic hydroxyl groups is 2. The molecule has 1 rings (SSSR count). The Bertz CT molecular complexity index is 471. The van der Waals surface area contributed by atoms with Gasteiger partial charge in [0, 0.05) is 6.42 Å². The first kappa shape index (κ1) is 25.9. The summed E-state index contributed by atoms with van der Waals surface area (Å²) in [5.74, 6) is -0.249. The Morgan fingerprint density at radius 1 is 0.931 bits per heavy atom. The molecule has 3 N–H and O–H groups in total. The standard InChI is InChI=1S/C25H44O4/c1-2-3-4-5-6-9-16-22(26)17-12-11-15-21-14-8-7-10-18-23(21)24(27)19-13-20-25(28)29/h11-12,15,17,21-24,26-27H,2-10,13-14,16,18-20H2,1H3,(H,28,29). The molecule has 0 aromatic carbocycles. The van der Waals surface area contributed by atoms with Crippen molar-refractivity contribution in [1.82, 2.24) is 0 Å². The predicted molar refractivity (Wildman–Crippen MR) is 120 cm³/mol. The Morgan fingerprint density at radius 3 is 2.41 bits per heavy atom. The highest BCUT2D eigenvalue weighted by Crippen LogP contribution is 2.33. The van der Waals surface area contributed by atoms with Gasteiger partial charge in [-0.25, -0.2) is 0 Å². The molecule has 0 radical (unpaired) electrons. The number of carboxylic acid groups (broad SMARTS) is 1. The summed E-state index contributed by atoms with van der Waals surface area (Å²) in [6.07, 6.45) is 22.3. The van der Waals surface area contributed by atoms with Gasteiger partial charge >= 0.3 is 5.97 Å². The van der Waals surface area contributed by atoms with Crippen LogP contribution in [0, 0.1) is 11.8 Å². The van der Waals surface area contributed by atoms with E-state index in [9.17, 15) is 15.0 Å². The smallest absolute Gasteiger partial charge is 0.303 e. The van der Waals surface area contributed by atoms with E-state index in [1.165, 1.54) is 44.9 Å². The number of aliphatic carboxylic acids is 1. The fourth-order valence-electron chi connectivity index (χ4n) is 4.39. The Morgan fingerprint density at radius 2 is 1.66 bits per heavy atom. The van der Waals surface area contributed by atoms with Crippen molar-refractivity contribution in [1.29, 1.82) is 0 Å². The maximum Gasteiger partial charge on any atom is 0.303 e. The number of unbranched alkanes of at least 4 members (excludes halogenated alkanes) is 5. The molecule has 0 aromatic rings. The van der Waals surface area contributed by atoms with Crippen molar-refractivity contribution in [3.63, 3.8) is 0 Å². The van der Waals surface area contributed by atoms with Gasteiger partial charge in [-0.1, -0.05) is 89.0 Å². The summed E-state index contributed by atoms with van der Waals surface area (Å²) in [4.78, 5) is 10.7. The van der Waals surface area contributed by atoms with Gasteiger partial charge in [0.2, 0.25) is 0 Å². The van der Waals surface area contributed by atoms with E-state index in [4.69, 9.17) is 5.11 Å². The molecule has 0 aliphatic heterocycles. The molecule has 0 aromatic heterocycles. The quantitative estimate of drug-likeness (QED) is 0.176. The minimum Gasteiger partial charge on any atom is -0.481 e. The van der Waals surface area contributed by atoms with Gasteiger partial charge in [0.25, 0.3) is 0 Å². The molecule has 1 saturated carbocycles. The first-order valence-corrected chi connectivity index (χ1v) is 12.0. The van der Waals surface area contributed by atoms with E-state index in [0.29, 0.717) is 18.8 Å². The molecule has 0 bridgehead atoms. The molecule has 0 heterocycles. The van der Waals surface area contributed by atoms with Crippen LogP contribution in [0.2, 0.25) is 0 Å². The van der Waals surface area contributed by atoms with E-state index in [1.54, 1.807) is 0 Å². The third-order valence-electron chi connectivity index (χ3n) is 6.17. The molecule has 1 fully saturated rings. The molecule has 0 spiro atoms. The van der Waals surface area contributed by atoms with Crippen LogP contribution < -0.4 is 0 Å². The summed E-state index contributed by atoms with van der Waals surface area (Å²) in [6, 6.07) is 0. The summed E-state index contributed by atoms with van der Waals surface area (Å²) in [5, 5.41) is 29.5.